The molecule has 6 nitrogen and oxygen atoms in total. The quantitative estimate of drug-likeness (QED) is 0.141. The molecule has 4 heterocycles. The smallest absolute Gasteiger partial charge is 0.252 e. The molecule has 0 saturated heterocycles. The van der Waals surface area contributed by atoms with Gasteiger partial charge in [0.2, 0.25) is 0 Å². The second-order valence-corrected chi connectivity index (χ2v) is 29.2. The number of fused-ring (bicyclic) bond motifs is 10. The Labute approximate surface area is 538 Å². The molecule has 91 heavy (non-hydrogen) atoms. The van der Waals surface area contributed by atoms with Crippen molar-refractivity contribution in [3.63, 3.8) is 0 Å². The number of para-hydroxylation sites is 2. The first kappa shape index (κ1) is 57.7. The summed E-state index contributed by atoms with van der Waals surface area (Å²) in [5, 5.41) is 4.84. The first-order chi connectivity index (χ1) is 43.5. The molecule has 2 aliphatic heterocycles. The van der Waals surface area contributed by atoms with Crippen molar-refractivity contribution in [3.05, 3.63) is 257 Å². The highest BCUT2D eigenvalue weighted by Gasteiger charge is 2.46. The summed E-state index contributed by atoms with van der Waals surface area (Å²) in [7, 11) is 4.55. The van der Waals surface area contributed by atoms with E-state index in [1.165, 1.54) is 122 Å². The Morgan fingerprint density at radius 1 is 0.319 bits per heavy atom. The van der Waals surface area contributed by atoms with Crippen LogP contribution in [0.3, 0.4) is 0 Å². The Kier molecular flexibility index (Phi) is 13.3. The third-order valence-corrected chi connectivity index (χ3v) is 19.8. The standard InChI is InChI=1S/C84H81BN6/c1-52-24-34-59(35-25-52)88(60-36-26-53(2)27-37-60)63-50-66-64-20-16-18-22-69(64)86(14)80(66)77(51-63)91-72-43-33-57(83(8,9)10)47-68(72)85-67-46-56(82(5,6)7)32-42-71(67)90(75-48-58(84(11,12)13)49-76(91)79(75)85)74-45-44-73(78-65-21-17-19-23-70(65)87(15)81(74)78)89(61-38-28-54(3)29-39-61)62-40-30-55(4)31-41-62/h16-51H,1-15H3. The lowest BCUT2D eigenvalue weighted by Gasteiger charge is -2.46. The van der Waals surface area contributed by atoms with Gasteiger partial charge in [0, 0.05) is 97.9 Å². The topological polar surface area (TPSA) is 22.8 Å². The summed E-state index contributed by atoms with van der Waals surface area (Å²) in [5.41, 5.74) is 30.6. The maximum Gasteiger partial charge on any atom is 0.252 e. The summed E-state index contributed by atoms with van der Waals surface area (Å²) in [6.07, 6.45) is 0. The molecule has 0 bridgehead atoms. The van der Waals surface area contributed by atoms with Crippen LogP contribution in [-0.4, -0.2) is 15.8 Å². The number of rotatable bonds is 8. The summed E-state index contributed by atoms with van der Waals surface area (Å²) in [4.78, 5) is 10.3. The van der Waals surface area contributed by atoms with E-state index in [4.69, 9.17) is 0 Å². The van der Waals surface area contributed by atoms with Crippen LogP contribution in [0, 0.1) is 27.7 Å². The van der Waals surface area contributed by atoms with E-state index in [1.807, 2.05) is 0 Å². The Balaban J connectivity index is 1.09. The zero-order valence-electron chi connectivity index (χ0n) is 55.5. The van der Waals surface area contributed by atoms with Crippen molar-refractivity contribution in [2.45, 2.75) is 106 Å². The second-order valence-electron chi connectivity index (χ2n) is 29.2. The van der Waals surface area contributed by atoms with Crippen molar-refractivity contribution in [2.24, 2.45) is 14.1 Å². The Morgan fingerprint density at radius 3 is 1.20 bits per heavy atom. The molecule has 0 atom stereocenters. The molecule has 0 saturated carbocycles. The largest absolute Gasteiger partial charge is 0.342 e. The maximum atomic E-state index is 2.69. The summed E-state index contributed by atoms with van der Waals surface area (Å²) >= 11 is 0. The highest BCUT2D eigenvalue weighted by molar-refractivity contribution is 7.00. The first-order valence-corrected chi connectivity index (χ1v) is 32.5. The number of hydrogen-bond donors (Lipinski definition) is 0. The fraction of sp³-hybridized carbons (Fsp3) is 0.214. The highest BCUT2D eigenvalue weighted by atomic mass is 15.2. The van der Waals surface area contributed by atoms with Gasteiger partial charge in [0.05, 0.1) is 28.1 Å². The maximum absolute atomic E-state index is 2.69. The normalized spacial score (nSPS) is 13.2. The number of aromatic nitrogens is 2. The van der Waals surface area contributed by atoms with Gasteiger partial charge in [-0.2, -0.15) is 0 Å². The monoisotopic (exact) mass is 1180 g/mol. The van der Waals surface area contributed by atoms with Crippen molar-refractivity contribution in [2.75, 3.05) is 19.6 Å². The van der Waals surface area contributed by atoms with Crippen molar-refractivity contribution in [3.8, 4) is 0 Å². The number of aryl methyl sites for hydroxylation is 6. The van der Waals surface area contributed by atoms with Crippen LogP contribution in [0.15, 0.2) is 218 Å². The third kappa shape index (κ3) is 9.36. The van der Waals surface area contributed by atoms with Crippen molar-refractivity contribution >= 4 is 135 Å². The van der Waals surface area contributed by atoms with Crippen LogP contribution in [-0.2, 0) is 30.3 Å². The molecule has 11 aromatic carbocycles. The lowest BCUT2D eigenvalue weighted by Crippen LogP contribution is -2.62. The van der Waals surface area contributed by atoms with E-state index >= 15 is 0 Å². The zero-order chi connectivity index (χ0) is 63.3. The molecular formula is C84H81BN6. The van der Waals surface area contributed by atoms with Crippen LogP contribution in [0.5, 0.6) is 0 Å². The number of nitrogens with zero attached hydrogens (tertiary/aromatic N) is 6. The van der Waals surface area contributed by atoms with Gasteiger partial charge in [-0.25, -0.2) is 0 Å². The van der Waals surface area contributed by atoms with Gasteiger partial charge in [0.1, 0.15) is 0 Å². The van der Waals surface area contributed by atoms with Crippen molar-refractivity contribution < 1.29 is 0 Å². The Bertz CT molecular complexity index is 4970. The number of hydrogen-bond acceptors (Lipinski definition) is 4. The number of anilines is 12. The van der Waals surface area contributed by atoms with Crippen LogP contribution in [0.4, 0.5) is 68.2 Å². The first-order valence-electron chi connectivity index (χ1n) is 32.5. The van der Waals surface area contributed by atoms with Crippen LogP contribution in [0.1, 0.15) is 101 Å². The van der Waals surface area contributed by atoms with Gasteiger partial charge in [-0.3, -0.25) is 0 Å². The van der Waals surface area contributed by atoms with Crippen LogP contribution >= 0.6 is 0 Å². The van der Waals surface area contributed by atoms with Crippen molar-refractivity contribution in [1.29, 1.82) is 0 Å². The van der Waals surface area contributed by atoms with E-state index in [0.29, 0.717) is 0 Å². The van der Waals surface area contributed by atoms with Gasteiger partial charge in [-0.1, -0.05) is 194 Å². The second kappa shape index (κ2) is 20.9. The predicted molar refractivity (Wildman–Crippen MR) is 393 cm³/mol. The Hall–Kier alpha value is -9.72. The summed E-state index contributed by atoms with van der Waals surface area (Å²) < 4.78 is 4.92. The molecule has 0 spiro atoms. The highest BCUT2D eigenvalue weighted by Crippen LogP contribution is 2.54. The zero-order valence-corrected chi connectivity index (χ0v) is 55.5. The molecule has 0 aliphatic carbocycles. The molecule has 0 unspecified atom stereocenters. The molecule has 0 amide bonds. The van der Waals surface area contributed by atoms with Gasteiger partial charge in [0.15, 0.2) is 0 Å². The minimum atomic E-state index is -0.253. The molecule has 0 N–H and O–H groups in total. The average Bonchev–Trinajstić information content (AvgIpc) is 1.49. The molecule has 13 aromatic rings. The van der Waals surface area contributed by atoms with Gasteiger partial charge in [-0.05, 0) is 186 Å². The number of benzene rings is 11. The summed E-state index contributed by atoms with van der Waals surface area (Å²) in [6, 6.07) is 83.9. The van der Waals surface area contributed by atoms with E-state index in [0.717, 1.165) is 45.5 Å². The minimum Gasteiger partial charge on any atom is -0.342 e. The average molecular weight is 1190 g/mol. The predicted octanol–water partition coefficient (Wildman–Crippen LogP) is 21.1. The van der Waals surface area contributed by atoms with E-state index in [2.05, 4.69) is 351 Å². The van der Waals surface area contributed by atoms with E-state index in [1.54, 1.807) is 0 Å². The third-order valence-electron chi connectivity index (χ3n) is 19.8. The molecule has 2 aliphatic rings. The van der Waals surface area contributed by atoms with Gasteiger partial charge in [0.25, 0.3) is 6.71 Å². The minimum absolute atomic E-state index is 0.121. The van der Waals surface area contributed by atoms with Crippen LogP contribution in [0.2, 0.25) is 0 Å². The van der Waals surface area contributed by atoms with Crippen LogP contribution < -0.4 is 36.0 Å². The fourth-order valence-electron chi connectivity index (χ4n) is 14.8. The lowest BCUT2D eigenvalue weighted by atomic mass is 9.33. The molecule has 15 rings (SSSR count). The van der Waals surface area contributed by atoms with Crippen LogP contribution in [0.25, 0.3) is 43.6 Å². The van der Waals surface area contributed by atoms with Gasteiger partial charge < -0.3 is 28.7 Å². The van der Waals surface area contributed by atoms with E-state index in [9.17, 15) is 0 Å². The SMILES string of the molecule is Cc1ccc(N(c2ccc(C)cc2)c2cc(N3c4ccc(C(C)(C)C)cc4B4c5cc(C(C)(C)C)ccc5N(c5ccc(N(c6ccc(C)cc6)c6ccc(C)cc6)c6c7ccccc7n(C)c56)c5cc(C(C)(C)C)cc3c54)c3c(c2)c2ccccc2n3C)cc1. The summed E-state index contributed by atoms with van der Waals surface area (Å²) in [5.74, 6) is 0. The fourth-order valence-corrected chi connectivity index (χ4v) is 14.8. The van der Waals surface area contributed by atoms with E-state index in [-0.39, 0.29) is 23.0 Å². The lowest BCUT2D eigenvalue weighted by molar-refractivity contribution is 0.590. The van der Waals surface area contributed by atoms with E-state index < -0.39 is 0 Å². The Morgan fingerprint density at radius 2 is 0.725 bits per heavy atom. The summed E-state index contributed by atoms with van der Waals surface area (Å²) in [6.45, 7) is 29.9. The molecule has 0 radical (unpaired) electrons. The molecule has 0 fully saturated rings. The molecule has 7 heteroatoms. The van der Waals surface area contributed by atoms with Gasteiger partial charge >= 0.3 is 0 Å². The molecular weight excluding hydrogens is 1100 g/mol. The van der Waals surface area contributed by atoms with Crippen molar-refractivity contribution in [1.82, 2.24) is 9.13 Å². The molecule has 450 valence electrons. The molecule has 2 aromatic heterocycles. The van der Waals surface area contributed by atoms with Gasteiger partial charge in [-0.15, -0.1) is 0 Å².